The summed E-state index contributed by atoms with van der Waals surface area (Å²) in [7, 11) is 0. The molecule has 0 saturated carbocycles. The van der Waals surface area contributed by atoms with Crippen molar-refractivity contribution < 1.29 is 9.90 Å². The SMILES string of the molecule is C/C=C(\C=C(/C)c1nc(C2CCc3cc(-c4cc(Cl)ccc4-n4cnnn4)cc(=O)n32)[nH]c1Cl)CC(=O)O. The molecule has 0 saturated heterocycles. The maximum atomic E-state index is 13.4. The van der Waals surface area contributed by atoms with Crippen LogP contribution in [0.15, 0.2) is 59.2 Å². The van der Waals surface area contributed by atoms with Crippen molar-refractivity contribution >= 4 is 34.7 Å². The van der Waals surface area contributed by atoms with Gasteiger partial charge in [-0.05, 0) is 78.1 Å². The van der Waals surface area contributed by atoms with E-state index < -0.39 is 5.97 Å². The number of carboxylic acid groups (broad SMARTS) is 1. The predicted octanol–water partition coefficient (Wildman–Crippen LogP) is 4.88. The van der Waals surface area contributed by atoms with E-state index in [0.717, 1.165) is 16.8 Å². The van der Waals surface area contributed by atoms with Gasteiger partial charge in [-0.25, -0.2) is 4.98 Å². The van der Waals surface area contributed by atoms with Crippen molar-refractivity contribution in [1.82, 2.24) is 34.7 Å². The summed E-state index contributed by atoms with van der Waals surface area (Å²) in [6, 6.07) is 8.56. The van der Waals surface area contributed by atoms with Crippen LogP contribution in [0, 0.1) is 0 Å². The Hall–Kier alpha value is -4.02. The predicted molar refractivity (Wildman–Crippen MR) is 144 cm³/mol. The van der Waals surface area contributed by atoms with Crippen LogP contribution in [0.4, 0.5) is 0 Å². The molecule has 3 aromatic heterocycles. The Labute approximate surface area is 227 Å². The number of fused-ring (bicyclic) bond motifs is 1. The van der Waals surface area contributed by atoms with Crippen LogP contribution >= 0.6 is 23.2 Å². The normalized spacial score (nSPS) is 15.6. The van der Waals surface area contributed by atoms with Gasteiger partial charge in [-0.3, -0.25) is 9.59 Å². The lowest BCUT2D eigenvalue weighted by atomic mass is 10.0. The Balaban J connectivity index is 1.51. The molecule has 38 heavy (non-hydrogen) atoms. The van der Waals surface area contributed by atoms with Gasteiger partial charge in [0.15, 0.2) is 0 Å². The zero-order valence-corrected chi connectivity index (χ0v) is 22.0. The first-order valence-electron chi connectivity index (χ1n) is 11.8. The molecule has 1 aliphatic heterocycles. The standard InChI is InChI=1S/C26H23Cl2N7O3/c1-3-15(9-23(37)38)8-14(2)24-25(28)31-26(30-24)21-7-5-18-10-16(11-22(36)35(18)21)19-12-17(27)4-6-20(19)34-13-29-32-33-34/h3-4,6,8,10-13,21H,5,7,9H2,1-2H3,(H,30,31)(H,37,38)/b14-8+,15-3+. The Morgan fingerprint density at radius 2 is 2.08 bits per heavy atom. The molecule has 4 aromatic rings. The second kappa shape index (κ2) is 10.4. The number of aromatic amines is 1. The third kappa shape index (κ3) is 4.92. The van der Waals surface area contributed by atoms with Gasteiger partial charge in [-0.15, -0.1) is 5.10 Å². The van der Waals surface area contributed by atoms with Gasteiger partial charge in [0, 0.05) is 22.3 Å². The van der Waals surface area contributed by atoms with Crippen molar-refractivity contribution in [2.45, 2.75) is 39.2 Å². The summed E-state index contributed by atoms with van der Waals surface area (Å²) in [5.41, 5.74) is 4.72. The molecule has 5 rings (SSSR count). The second-order valence-electron chi connectivity index (χ2n) is 8.96. The van der Waals surface area contributed by atoms with E-state index in [1.165, 1.54) is 11.0 Å². The number of aryl methyl sites for hydroxylation is 1. The number of pyridine rings is 1. The Morgan fingerprint density at radius 3 is 2.79 bits per heavy atom. The number of nitrogens with zero attached hydrogens (tertiary/aromatic N) is 6. The highest BCUT2D eigenvalue weighted by Crippen LogP contribution is 2.35. The van der Waals surface area contributed by atoms with Gasteiger partial charge in [0.2, 0.25) is 0 Å². The number of nitrogens with one attached hydrogen (secondary N) is 1. The van der Waals surface area contributed by atoms with Crippen LogP contribution in [0.3, 0.4) is 0 Å². The van der Waals surface area contributed by atoms with E-state index in [-0.39, 0.29) is 18.0 Å². The van der Waals surface area contributed by atoms with Gasteiger partial charge in [0.1, 0.15) is 23.0 Å². The monoisotopic (exact) mass is 551 g/mol. The number of halogens is 2. The fraction of sp³-hybridized carbons (Fsp3) is 0.231. The average molecular weight is 552 g/mol. The summed E-state index contributed by atoms with van der Waals surface area (Å²) in [4.78, 5) is 32.4. The molecule has 0 spiro atoms. The van der Waals surface area contributed by atoms with Crippen molar-refractivity contribution in [2.24, 2.45) is 0 Å². The van der Waals surface area contributed by atoms with E-state index in [1.807, 2.05) is 13.0 Å². The summed E-state index contributed by atoms with van der Waals surface area (Å²) >= 11 is 12.8. The highest BCUT2D eigenvalue weighted by atomic mass is 35.5. The molecule has 0 fully saturated rings. The van der Waals surface area contributed by atoms with E-state index in [4.69, 9.17) is 33.3 Å². The number of aliphatic carboxylic acids is 1. The highest BCUT2D eigenvalue weighted by molar-refractivity contribution is 6.31. The van der Waals surface area contributed by atoms with Crippen LogP contribution in [0.5, 0.6) is 0 Å². The molecular weight excluding hydrogens is 529 g/mol. The number of hydrogen-bond donors (Lipinski definition) is 2. The van der Waals surface area contributed by atoms with Gasteiger partial charge in [-0.1, -0.05) is 35.4 Å². The number of rotatable bonds is 7. The van der Waals surface area contributed by atoms with Crippen LogP contribution in [0.25, 0.3) is 22.4 Å². The number of hydrogen-bond acceptors (Lipinski definition) is 6. The quantitative estimate of drug-likeness (QED) is 0.313. The number of allylic oxidation sites excluding steroid dienone is 3. The molecule has 1 atom stereocenters. The van der Waals surface area contributed by atoms with Crippen LogP contribution < -0.4 is 5.56 Å². The number of benzene rings is 1. The molecule has 12 heteroatoms. The summed E-state index contributed by atoms with van der Waals surface area (Å²) < 4.78 is 3.25. The zero-order chi connectivity index (χ0) is 27.0. The number of aromatic nitrogens is 7. The first kappa shape index (κ1) is 25.6. The van der Waals surface area contributed by atoms with Gasteiger partial charge in [-0.2, -0.15) is 4.68 Å². The first-order chi connectivity index (χ1) is 18.2. The Morgan fingerprint density at radius 1 is 1.26 bits per heavy atom. The Kier molecular flexibility index (Phi) is 7.00. The van der Waals surface area contributed by atoms with E-state index >= 15 is 0 Å². The van der Waals surface area contributed by atoms with E-state index in [0.29, 0.717) is 51.4 Å². The van der Waals surface area contributed by atoms with Crippen molar-refractivity contribution in [3.05, 3.63) is 92.1 Å². The molecule has 2 N–H and O–H groups in total. The van der Waals surface area contributed by atoms with Gasteiger partial charge >= 0.3 is 5.97 Å². The smallest absolute Gasteiger partial charge is 0.307 e. The number of carbonyl (C=O) groups is 1. The van der Waals surface area contributed by atoms with E-state index in [2.05, 4.69) is 20.5 Å². The lowest BCUT2D eigenvalue weighted by molar-refractivity contribution is -0.136. The maximum absolute atomic E-state index is 13.4. The summed E-state index contributed by atoms with van der Waals surface area (Å²) in [6.45, 7) is 3.61. The molecule has 1 aliphatic rings. The van der Waals surface area contributed by atoms with E-state index in [1.54, 1.807) is 47.9 Å². The largest absolute Gasteiger partial charge is 0.481 e. The zero-order valence-electron chi connectivity index (χ0n) is 20.5. The van der Waals surface area contributed by atoms with Crippen LogP contribution in [0.2, 0.25) is 10.2 Å². The average Bonchev–Trinajstić information content (AvgIpc) is 3.63. The summed E-state index contributed by atoms with van der Waals surface area (Å²) in [6.07, 6.45) is 6.22. The summed E-state index contributed by atoms with van der Waals surface area (Å²) in [5.74, 6) is -0.344. The maximum Gasteiger partial charge on any atom is 0.307 e. The lowest BCUT2D eigenvalue weighted by Gasteiger charge is -2.15. The van der Waals surface area contributed by atoms with Crippen LogP contribution in [0.1, 0.15) is 49.9 Å². The third-order valence-corrected chi connectivity index (χ3v) is 7.00. The van der Waals surface area contributed by atoms with Crippen LogP contribution in [-0.4, -0.2) is 45.8 Å². The van der Waals surface area contributed by atoms with E-state index in [9.17, 15) is 9.59 Å². The van der Waals surface area contributed by atoms with Crippen molar-refractivity contribution in [2.75, 3.05) is 0 Å². The molecule has 10 nitrogen and oxygen atoms in total. The minimum absolute atomic E-state index is 0.0990. The lowest BCUT2D eigenvalue weighted by Crippen LogP contribution is -2.24. The topological polar surface area (TPSA) is 132 Å². The van der Waals surface area contributed by atoms with Crippen LogP contribution in [-0.2, 0) is 11.2 Å². The summed E-state index contributed by atoms with van der Waals surface area (Å²) in [5, 5.41) is 21.4. The fourth-order valence-electron chi connectivity index (χ4n) is 4.77. The van der Waals surface area contributed by atoms with Gasteiger partial charge in [0.25, 0.3) is 5.56 Å². The Bertz CT molecular complexity index is 1650. The van der Waals surface area contributed by atoms with Crippen molar-refractivity contribution in [3.63, 3.8) is 0 Å². The molecule has 0 radical (unpaired) electrons. The molecule has 0 bridgehead atoms. The highest BCUT2D eigenvalue weighted by Gasteiger charge is 2.29. The molecular formula is C26H23Cl2N7O3. The number of tetrazole rings is 1. The van der Waals surface area contributed by atoms with Gasteiger partial charge in [0.05, 0.1) is 18.2 Å². The molecule has 1 aromatic carbocycles. The number of imidazole rings is 1. The number of H-pyrrole nitrogens is 1. The van der Waals surface area contributed by atoms with Crippen molar-refractivity contribution in [1.29, 1.82) is 0 Å². The molecule has 4 heterocycles. The minimum atomic E-state index is -0.917. The minimum Gasteiger partial charge on any atom is -0.481 e. The van der Waals surface area contributed by atoms with Crippen molar-refractivity contribution in [3.8, 4) is 16.8 Å². The van der Waals surface area contributed by atoms with Gasteiger partial charge < -0.3 is 14.7 Å². The fourth-order valence-corrected chi connectivity index (χ4v) is 5.23. The number of carboxylic acids is 1. The molecule has 194 valence electrons. The molecule has 1 unspecified atom stereocenters. The third-order valence-electron chi connectivity index (χ3n) is 6.49. The molecule has 0 aliphatic carbocycles. The molecule has 0 amide bonds. The second-order valence-corrected chi connectivity index (χ2v) is 9.77. The first-order valence-corrected chi connectivity index (χ1v) is 12.6.